The highest BCUT2D eigenvalue weighted by Gasteiger charge is 2.09. The summed E-state index contributed by atoms with van der Waals surface area (Å²) in [6.45, 7) is 3.59. The number of nitrogens with zero attached hydrogens (tertiary/aromatic N) is 3. The summed E-state index contributed by atoms with van der Waals surface area (Å²) in [5, 5.41) is 7.28. The molecule has 0 aliphatic heterocycles. The summed E-state index contributed by atoms with van der Waals surface area (Å²) in [5.41, 5.74) is 5.56. The molecule has 0 aliphatic rings. The summed E-state index contributed by atoms with van der Waals surface area (Å²) in [6.07, 6.45) is 1.49. The molecule has 1 heterocycles. The molecule has 0 spiro atoms. The number of carbonyl (C=O) groups is 2. The Hall–Kier alpha value is -3.92. The molecule has 0 saturated carbocycles. The lowest BCUT2D eigenvalue weighted by Crippen LogP contribution is -2.20. The average Bonchev–Trinajstić information content (AvgIpc) is 2.82. The molecule has 34 heavy (non-hydrogen) atoms. The van der Waals surface area contributed by atoms with Crippen LogP contribution in [0.2, 0.25) is 0 Å². The minimum absolute atomic E-state index is 0.140. The van der Waals surface area contributed by atoms with Crippen LogP contribution in [0, 0.1) is 13.8 Å². The van der Waals surface area contributed by atoms with Gasteiger partial charge in [0.1, 0.15) is 0 Å². The minimum atomic E-state index is -0.286. The lowest BCUT2D eigenvalue weighted by atomic mass is 10.2. The van der Waals surface area contributed by atoms with Crippen LogP contribution in [0.1, 0.15) is 17.0 Å². The van der Waals surface area contributed by atoms with Gasteiger partial charge in [-0.05, 0) is 55.8 Å². The highest BCUT2D eigenvalue weighted by molar-refractivity contribution is 7.99. The van der Waals surface area contributed by atoms with Gasteiger partial charge in [-0.3, -0.25) is 9.59 Å². The van der Waals surface area contributed by atoms with E-state index in [1.165, 1.54) is 25.1 Å². The molecule has 176 valence electrons. The van der Waals surface area contributed by atoms with Crippen LogP contribution in [0.3, 0.4) is 0 Å². The summed E-state index contributed by atoms with van der Waals surface area (Å²) in [4.78, 5) is 32.7. The fourth-order valence-corrected chi connectivity index (χ4v) is 3.59. The fourth-order valence-electron chi connectivity index (χ4n) is 2.84. The zero-order valence-electron chi connectivity index (χ0n) is 19.1. The van der Waals surface area contributed by atoms with Gasteiger partial charge in [-0.2, -0.15) is 5.10 Å². The van der Waals surface area contributed by atoms with E-state index in [1.54, 1.807) is 30.3 Å². The van der Waals surface area contributed by atoms with Crippen molar-refractivity contribution >= 4 is 35.5 Å². The number of amides is 2. The van der Waals surface area contributed by atoms with Crippen molar-refractivity contribution in [2.45, 2.75) is 19.0 Å². The Kier molecular flexibility index (Phi) is 8.98. The molecule has 10 heteroatoms. The zero-order chi connectivity index (χ0) is 24.3. The van der Waals surface area contributed by atoms with Crippen molar-refractivity contribution in [2.75, 3.05) is 24.8 Å². The number of anilines is 1. The monoisotopic (exact) mass is 479 g/mol. The van der Waals surface area contributed by atoms with Gasteiger partial charge in [-0.15, -0.1) is 0 Å². The van der Waals surface area contributed by atoms with Gasteiger partial charge in [0.25, 0.3) is 11.8 Å². The van der Waals surface area contributed by atoms with E-state index in [1.807, 2.05) is 38.1 Å². The molecule has 3 rings (SSSR count). The second kappa shape index (κ2) is 12.4. The Morgan fingerprint density at radius 2 is 1.74 bits per heavy atom. The lowest BCUT2D eigenvalue weighted by molar-refractivity contribution is -0.119. The Balaban J connectivity index is 1.49. The number of hydrogen-bond acceptors (Lipinski definition) is 8. The SMILES string of the molecule is COc1cc(/C=N\NC(=O)CSc2nc(C)cc(C)n2)ccc1OCC(=O)Nc1ccccc1. The van der Waals surface area contributed by atoms with Crippen LogP contribution in [0.5, 0.6) is 11.5 Å². The van der Waals surface area contributed by atoms with Gasteiger partial charge in [-0.1, -0.05) is 30.0 Å². The third-order valence-corrected chi connectivity index (χ3v) is 5.15. The largest absolute Gasteiger partial charge is 0.493 e. The van der Waals surface area contributed by atoms with Crippen molar-refractivity contribution in [1.82, 2.24) is 15.4 Å². The Morgan fingerprint density at radius 1 is 1.00 bits per heavy atom. The molecule has 2 aromatic carbocycles. The fraction of sp³-hybridized carbons (Fsp3) is 0.208. The highest BCUT2D eigenvalue weighted by Crippen LogP contribution is 2.27. The number of aryl methyl sites for hydroxylation is 2. The molecule has 0 radical (unpaired) electrons. The summed E-state index contributed by atoms with van der Waals surface area (Å²) in [7, 11) is 1.50. The molecule has 2 amide bonds. The van der Waals surface area contributed by atoms with Gasteiger partial charge >= 0.3 is 0 Å². The Labute approximate surface area is 202 Å². The van der Waals surface area contributed by atoms with Crippen molar-refractivity contribution in [3.63, 3.8) is 0 Å². The summed E-state index contributed by atoms with van der Waals surface area (Å²) < 4.78 is 10.9. The van der Waals surface area contributed by atoms with Crippen molar-refractivity contribution < 1.29 is 19.1 Å². The maximum Gasteiger partial charge on any atom is 0.262 e. The molecule has 0 saturated heterocycles. The van der Waals surface area contributed by atoms with Crippen molar-refractivity contribution in [3.8, 4) is 11.5 Å². The minimum Gasteiger partial charge on any atom is -0.493 e. The first-order valence-electron chi connectivity index (χ1n) is 10.4. The summed E-state index contributed by atoms with van der Waals surface area (Å²) in [5.74, 6) is 0.426. The first-order chi connectivity index (χ1) is 16.4. The third kappa shape index (κ3) is 7.89. The van der Waals surface area contributed by atoms with Crippen molar-refractivity contribution in [1.29, 1.82) is 0 Å². The van der Waals surface area contributed by atoms with Crippen LogP contribution in [0.4, 0.5) is 5.69 Å². The molecule has 2 N–H and O–H groups in total. The van der Waals surface area contributed by atoms with Gasteiger partial charge in [-0.25, -0.2) is 15.4 Å². The molecule has 0 aliphatic carbocycles. The smallest absolute Gasteiger partial charge is 0.262 e. The predicted octanol–water partition coefficient (Wildman–Crippen LogP) is 3.36. The Morgan fingerprint density at radius 3 is 2.44 bits per heavy atom. The van der Waals surface area contributed by atoms with Gasteiger partial charge in [0.15, 0.2) is 23.3 Å². The number of rotatable bonds is 10. The number of carbonyl (C=O) groups excluding carboxylic acids is 2. The number of ether oxygens (including phenoxy) is 2. The topological polar surface area (TPSA) is 115 Å². The van der Waals surface area contributed by atoms with Gasteiger partial charge < -0.3 is 14.8 Å². The first kappa shape index (κ1) is 24.7. The number of methoxy groups -OCH3 is 1. The molecule has 9 nitrogen and oxygen atoms in total. The number of nitrogens with one attached hydrogen (secondary N) is 2. The zero-order valence-corrected chi connectivity index (χ0v) is 19.9. The summed E-state index contributed by atoms with van der Waals surface area (Å²) >= 11 is 1.24. The average molecular weight is 480 g/mol. The van der Waals surface area contributed by atoms with E-state index in [2.05, 4.69) is 25.8 Å². The molecule has 0 unspecified atom stereocenters. The van der Waals surface area contributed by atoms with Gasteiger partial charge in [0.2, 0.25) is 0 Å². The number of benzene rings is 2. The first-order valence-corrected chi connectivity index (χ1v) is 11.3. The van der Waals surface area contributed by atoms with E-state index < -0.39 is 0 Å². The number of para-hydroxylation sites is 1. The molecule has 3 aromatic rings. The summed E-state index contributed by atoms with van der Waals surface area (Å²) in [6, 6.07) is 16.1. The molecule has 0 fully saturated rings. The van der Waals surface area contributed by atoms with Crippen LogP contribution >= 0.6 is 11.8 Å². The lowest BCUT2D eigenvalue weighted by Gasteiger charge is -2.11. The number of hydrazone groups is 1. The molecular formula is C24H25N5O4S. The van der Waals surface area contributed by atoms with Crippen LogP contribution in [0.25, 0.3) is 0 Å². The molecular weight excluding hydrogens is 454 g/mol. The van der Waals surface area contributed by atoms with E-state index in [4.69, 9.17) is 9.47 Å². The number of thioether (sulfide) groups is 1. The number of hydrogen-bond donors (Lipinski definition) is 2. The van der Waals surface area contributed by atoms with E-state index in [-0.39, 0.29) is 24.2 Å². The van der Waals surface area contributed by atoms with Crippen molar-refractivity contribution in [2.24, 2.45) is 5.10 Å². The van der Waals surface area contributed by atoms with Gasteiger partial charge in [0.05, 0.1) is 19.1 Å². The third-order valence-electron chi connectivity index (χ3n) is 4.30. The highest BCUT2D eigenvalue weighted by atomic mass is 32.2. The van der Waals surface area contributed by atoms with E-state index in [0.29, 0.717) is 27.9 Å². The van der Waals surface area contributed by atoms with E-state index in [0.717, 1.165) is 11.4 Å². The molecule has 0 bridgehead atoms. The van der Waals surface area contributed by atoms with Crippen LogP contribution in [-0.4, -0.2) is 47.5 Å². The standard InChI is InChI=1S/C24H25N5O4S/c1-16-11-17(2)27-24(26-16)34-15-23(31)29-25-13-18-9-10-20(21(12-18)32-3)33-14-22(30)28-19-7-5-4-6-8-19/h4-13H,14-15H2,1-3H3,(H,28,30)(H,29,31)/b25-13-. The second-order valence-corrected chi connectivity index (χ2v) is 8.07. The molecule has 0 atom stereocenters. The maximum atomic E-state index is 12.1. The van der Waals surface area contributed by atoms with Crippen LogP contribution < -0.4 is 20.2 Å². The molecule has 1 aromatic heterocycles. The number of aromatic nitrogens is 2. The normalized spacial score (nSPS) is 10.7. The van der Waals surface area contributed by atoms with Crippen LogP contribution in [0.15, 0.2) is 64.9 Å². The van der Waals surface area contributed by atoms with E-state index in [9.17, 15) is 9.59 Å². The van der Waals surface area contributed by atoms with Crippen molar-refractivity contribution in [3.05, 3.63) is 71.5 Å². The van der Waals surface area contributed by atoms with Gasteiger partial charge in [0, 0.05) is 17.1 Å². The Bertz CT molecular complexity index is 1150. The maximum absolute atomic E-state index is 12.1. The van der Waals surface area contributed by atoms with E-state index >= 15 is 0 Å². The quantitative estimate of drug-likeness (QED) is 0.198. The van der Waals surface area contributed by atoms with Crippen LogP contribution in [-0.2, 0) is 9.59 Å². The predicted molar refractivity (Wildman–Crippen MR) is 132 cm³/mol. The second-order valence-electron chi connectivity index (χ2n) is 7.13.